The van der Waals surface area contributed by atoms with Gasteiger partial charge in [0.2, 0.25) is 11.7 Å². The van der Waals surface area contributed by atoms with Crippen LogP contribution in [0.3, 0.4) is 0 Å². The molecule has 8 heteroatoms. The highest BCUT2D eigenvalue weighted by Crippen LogP contribution is 2.21. The molecule has 0 fully saturated rings. The van der Waals surface area contributed by atoms with E-state index >= 15 is 0 Å². The molecule has 0 aliphatic heterocycles. The molecule has 3 aromatic heterocycles. The largest absolute Gasteiger partial charge is 0.356 e. The molecule has 0 atom stereocenters. The molecule has 1 aliphatic rings. The Hall–Kier alpha value is -2.48. The number of nitrogens with zero attached hydrogens (tertiary/aromatic N) is 4. The Kier molecular flexibility index (Phi) is 6.08. The molecule has 1 aliphatic carbocycles. The van der Waals surface area contributed by atoms with E-state index in [0.29, 0.717) is 31.6 Å². The number of allylic oxidation sites excluding steroid dienone is 1. The molecular weight excluding hydrogens is 386 g/mol. The van der Waals surface area contributed by atoms with Gasteiger partial charge in [0, 0.05) is 25.9 Å². The summed E-state index contributed by atoms with van der Waals surface area (Å²) in [5.41, 5.74) is 2.31. The van der Waals surface area contributed by atoms with Gasteiger partial charge in [0.05, 0.1) is 5.52 Å². The van der Waals surface area contributed by atoms with Crippen molar-refractivity contribution < 1.29 is 4.79 Å². The summed E-state index contributed by atoms with van der Waals surface area (Å²) in [6.45, 7) is 3.20. The fourth-order valence-electron chi connectivity index (χ4n) is 4.02. The van der Waals surface area contributed by atoms with Gasteiger partial charge >= 0.3 is 0 Å². The minimum atomic E-state index is -0.0172. The van der Waals surface area contributed by atoms with E-state index in [1.807, 2.05) is 22.8 Å². The number of rotatable bonds is 8. The SMILES string of the molecule is CCn1c(=O)c2sccc2n2c(CCCC(=O)NCCC3=CCCCC3)nnc12. The second-order valence-electron chi connectivity index (χ2n) is 7.50. The second-order valence-corrected chi connectivity index (χ2v) is 8.41. The first-order chi connectivity index (χ1) is 14.2. The van der Waals surface area contributed by atoms with E-state index in [1.165, 1.54) is 42.6 Å². The molecule has 0 aromatic carbocycles. The number of carbonyl (C=O) groups excluding carboxylic acids is 1. The van der Waals surface area contributed by atoms with E-state index in [9.17, 15) is 9.59 Å². The van der Waals surface area contributed by atoms with Crippen molar-refractivity contribution in [1.82, 2.24) is 24.5 Å². The third kappa shape index (κ3) is 4.12. The molecule has 0 saturated carbocycles. The molecule has 0 spiro atoms. The maximum Gasteiger partial charge on any atom is 0.272 e. The Morgan fingerprint density at radius 1 is 1.28 bits per heavy atom. The van der Waals surface area contributed by atoms with Gasteiger partial charge in [-0.3, -0.25) is 18.6 Å². The molecule has 3 aromatic rings. The summed E-state index contributed by atoms with van der Waals surface area (Å²) >= 11 is 1.44. The quantitative estimate of drug-likeness (QED) is 0.574. The van der Waals surface area contributed by atoms with Crippen LogP contribution < -0.4 is 10.9 Å². The highest BCUT2D eigenvalue weighted by atomic mass is 32.1. The number of amides is 1. The predicted molar refractivity (Wildman–Crippen MR) is 115 cm³/mol. The first-order valence-corrected chi connectivity index (χ1v) is 11.4. The molecule has 0 bridgehead atoms. The molecule has 4 rings (SSSR count). The van der Waals surface area contributed by atoms with Crippen molar-refractivity contribution in [3.8, 4) is 0 Å². The van der Waals surface area contributed by atoms with Crippen LogP contribution in [0.5, 0.6) is 0 Å². The van der Waals surface area contributed by atoms with Crippen molar-refractivity contribution in [2.45, 2.75) is 64.8 Å². The van der Waals surface area contributed by atoms with Crippen LogP contribution in [-0.2, 0) is 17.8 Å². The molecular formula is C21H27N5O2S. The van der Waals surface area contributed by atoms with Crippen molar-refractivity contribution in [3.05, 3.63) is 39.3 Å². The van der Waals surface area contributed by atoms with Crippen molar-refractivity contribution in [1.29, 1.82) is 0 Å². The number of carbonyl (C=O) groups is 1. The fraction of sp³-hybridized carbons (Fsp3) is 0.524. The van der Waals surface area contributed by atoms with E-state index < -0.39 is 0 Å². The van der Waals surface area contributed by atoms with Gasteiger partial charge in [-0.05, 0) is 56.9 Å². The number of hydrogen-bond acceptors (Lipinski definition) is 5. The van der Waals surface area contributed by atoms with Crippen LogP contribution in [-0.4, -0.2) is 31.6 Å². The Labute approximate surface area is 173 Å². The number of thiophene rings is 1. The zero-order valence-electron chi connectivity index (χ0n) is 16.8. The van der Waals surface area contributed by atoms with Gasteiger partial charge in [-0.2, -0.15) is 0 Å². The molecule has 7 nitrogen and oxygen atoms in total. The maximum absolute atomic E-state index is 12.6. The summed E-state index contributed by atoms with van der Waals surface area (Å²) in [5, 5.41) is 13.5. The van der Waals surface area contributed by atoms with E-state index in [-0.39, 0.29) is 11.5 Å². The van der Waals surface area contributed by atoms with Crippen molar-refractivity contribution in [3.63, 3.8) is 0 Å². The molecule has 29 heavy (non-hydrogen) atoms. The second kappa shape index (κ2) is 8.90. The zero-order valence-corrected chi connectivity index (χ0v) is 17.6. The van der Waals surface area contributed by atoms with Crippen LogP contribution in [0.1, 0.15) is 57.7 Å². The van der Waals surface area contributed by atoms with Gasteiger partial charge < -0.3 is 5.32 Å². The summed E-state index contributed by atoms with van der Waals surface area (Å²) in [6, 6.07) is 1.94. The number of aromatic nitrogens is 4. The number of hydrogen-bond donors (Lipinski definition) is 1. The van der Waals surface area contributed by atoms with Crippen LogP contribution in [0.15, 0.2) is 27.9 Å². The van der Waals surface area contributed by atoms with Crippen LogP contribution in [0, 0.1) is 0 Å². The smallest absolute Gasteiger partial charge is 0.272 e. The van der Waals surface area contributed by atoms with Crippen LogP contribution in [0.4, 0.5) is 0 Å². The third-order valence-corrected chi connectivity index (χ3v) is 6.44. The van der Waals surface area contributed by atoms with Gasteiger partial charge in [0.15, 0.2) is 0 Å². The zero-order chi connectivity index (χ0) is 20.2. The van der Waals surface area contributed by atoms with Crippen LogP contribution >= 0.6 is 11.3 Å². The van der Waals surface area contributed by atoms with Crippen molar-refractivity contribution in [2.24, 2.45) is 0 Å². The first kappa shape index (κ1) is 19.8. The molecule has 154 valence electrons. The molecule has 0 radical (unpaired) electrons. The monoisotopic (exact) mass is 413 g/mol. The first-order valence-electron chi connectivity index (χ1n) is 10.5. The number of nitrogens with one attached hydrogen (secondary N) is 1. The Morgan fingerprint density at radius 2 is 2.17 bits per heavy atom. The maximum atomic E-state index is 12.6. The molecule has 0 unspecified atom stereocenters. The Morgan fingerprint density at radius 3 is 2.97 bits per heavy atom. The van der Waals surface area contributed by atoms with Crippen molar-refractivity contribution in [2.75, 3.05) is 6.54 Å². The van der Waals surface area contributed by atoms with Crippen molar-refractivity contribution >= 4 is 33.2 Å². The Balaban J connectivity index is 1.37. The lowest BCUT2D eigenvalue weighted by molar-refractivity contribution is -0.121. The van der Waals surface area contributed by atoms with Gasteiger partial charge in [0.1, 0.15) is 10.5 Å². The Bertz CT molecular complexity index is 1110. The molecule has 0 saturated heterocycles. The summed E-state index contributed by atoms with van der Waals surface area (Å²) < 4.78 is 4.33. The van der Waals surface area contributed by atoms with E-state index in [4.69, 9.17) is 0 Å². The van der Waals surface area contributed by atoms with E-state index in [1.54, 1.807) is 4.57 Å². The lowest BCUT2D eigenvalue weighted by atomic mass is 9.97. The lowest BCUT2D eigenvalue weighted by Gasteiger charge is -2.12. The number of aryl methyl sites for hydroxylation is 2. The minimum absolute atomic E-state index is 0.0172. The van der Waals surface area contributed by atoms with E-state index in [2.05, 4.69) is 21.6 Å². The topological polar surface area (TPSA) is 81.3 Å². The highest BCUT2D eigenvalue weighted by molar-refractivity contribution is 7.17. The van der Waals surface area contributed by atoms with Gasteiger partial charge in [-0.1, -0.05) is 11.6 Å². The van der Waals surface area contributed by atoms with Crippen LogP contribution in [0.2, 0.25) is 0 Å². The average molecular weight is 414 g/mol. The normalized spacial score (nSPS) is 14.4. The molecule has 1 amide bonds. The summed E-state index contributed by atoms with van der Waals surface area (Å²) in [4.78, 5) is 24.8. The summed E-state index contributed by atoms with van der Waals surface area (Å²) in [6.07, 6.45) is 10.0. The summed E-state index contributed by atoms with van der Waals surface area (Å²) in [5.74, 6) is 1.45. The molecule has 3 heterocycles. The van der Waals surface area contributed by atoms with Gasteiger partial charge in [-0.15, -0.1) is 21.5 Å². The lowest BCUT2D eigenvalue weighted by Crippen LogP contribution is -2.24. The highest BCUT2D eigenvalue weighted by Gasteiger charge is 2.16. The average Bonchev–Trinajstić information content (AvgIpc) is 3.37. The minimum Gasteiger partial charge on any atom is -0.356 e. The standard InChI is InChI=1S/C21H27N5O2S/c1-2-25-20(28)19-16(12-14-29-19)26-17(23-24-21(25)26)9-6-10-18(27)22-13-11-15-7-4-3-5-8-15/h7,12,14H,2-6,8-11,13H2,1H3,(H,22,27). The summed E-state index contributed by atoms with van der Waals surface area (Å²) in [7, 11) is 0. The van der Waals surface area contributed by atoms with Gasteiger partial charge in [0.25, 0.3) is 5.56 Å². The van der Waals surface area contributed by atoms with E-state index in [0.717, 1.165) is 29.0 Å². The number of fused-ring (bicyclic) bond motifs is 3. The predicted octanol–water partition coefficient (Wildman–Crippen LogP) is 3.46. The van der Waals surface area contributed by atoms with Crippen LogP contribution in [0.25, 0.3) is 16.0 Å². The molecule has 1 N–H and O–H groups in total. The third-order valence-electron chi connectivity index (χ3n) is 5.55. The fourth-order valence-corrected chi connectivity index (χ4v) is 4.84. The van der Waals surface area contributed by atoms with Gasteiger partial charge in [-0.25, -0.2) is 0 Å².